The summed E-state index contributed by atoms with van der Waals surface area (Å²) in [6.45, 7) is 3.73. The minimum Gasteiger partial charge on any atom is -0.478 e. The van der Waals surface area contributed by atoms with Crippen molar-refractivity contribution in [3.8, 4) is 0 Å². The molecule has 2 rings (SSSR count). The molecule has 17 heavy (non-hydrogen) atoms. The van der Waals surface area contributed by atoms with Gasteiger partial charge in [0.25, 0.3) is 0 Å². The Hall–Kier alpha value is -1.88. The van der Waals surface area contributed by atoms with E-state index in [1.807, 2.05) is 13.8 Å². The van der Waals surface area contributed by atoms with E-state index in [2.05, 4.69) is 9.97 Å². The van der Waals surface area contributed by atoms with Crippen LogP contribution in [-0.2, 0) is 10.3 Å². The average molecular weight is 234 g/mol. The summed E-state index contributed by atoms with van der Waals surface area (Å²) >= 11 is 0. The lowest BCUT2D eigenvalue weighted by Gasteiger charge is -2.19. The molecule has 2 N–H and O–H groups in total. The number of nitrogens with one attached hydrogen (secondary N) is 1. The summed E-state index contributed by atoms with van der Waals surface area (Å²) in [6, 6.07) is 5.02. The van der Waals surface area contributed by atoms with Crippen molar-refractivity contribution in [1.82, 2.24) is 9.97 Å². The molecule has 0 fully saturated rings. The molecule has 90 valence electrons. The molecule has 0 saturated heterocycles. The van der Waals surface area contributed by atoms with E-state index in [-0.39, 0.29) is 5.56 Å². The van der Waals surface area contributed by atoms with Crippen LogP contribution >= 0.6 is 0 Å². The zero-order valence-corrected chi connectivity index (χ0v) is 9.94. The van der Waals surface area contributed by atoms with Crippen molar-refractivity contribution in [3.63, 3.8) is 0 Å². The number of ether oxygens (including phenoxy) is 1. The predicted molar refractivity (Wildman–Crippen MR) is 63.1 cm³/mol. The maximum atomic E-state index is 11.1. The number of aromatic carboxylic acids is 1. The smallest absolute Gasteiger partial charge is 0.337 e. The Kier molecular flexibility index (Phi) is 2.63. The fraction of sp³-hybridized carbons (Fsp3) is 0.333. The number of benzene rings is 1. The second-order valence-corrected chi connectivity index (χ2v) is 4.31. The van der Waals surface area contributed by atoms with Gasteiger partial charge < -0.3 is 14.8 Å². The summed E-state index contributed by atoms with van der Waals surface area (Å²) in [5, 5.41) is 9.07. The highest BCUT2D eigenvalue weighted by Crippen LogP contribution is 2.25. The molecule has 0 saturated carbocycles. The molecule has 0 unspecified atom stereocenters. The number of fused-ring (bicyclic) bond motifs is 1. The van der Waals surface area contributed by atoms with E-state index in [4.69, 9.17) is 9.84 Å². The fourth-order valence-corrected chi connectivity index (χ4v) is 1.59. The normalized spacial score (nSPS) is 11.9. The maximum absolute atomic E-state index is 11.1. The van der Waals surface area contributed by atoms with Crippen LogP contribution in [0, 0.1) is 0 Å². The van der Waals surface area contributed by atoms with Crippen LogP contribution in [0.2, 0.25) is 0 Å². The summed E-state index contributed by atoms with van der Waals surface area (Å²) < 4.78 is 5.31. The Morgan fingerprint density at radius 3 is 2.76 bits per heavy atom. The molecule has 2 aromatic rings. The molecule has 0 aliphatic heterocycles. The number of imidazole rings is 1. The number of hydrogen-bond donors (Lipinski definition) is 2. The number of methoxy groups -OCH3 is 1. The molecule has 0 atom stereocenters. The largest absolute Gasteiger partial charge is 0.478 e. The third-order valence-electron chi connectivity index (χ3n) is 2.82. The Bertz CT molecular complexity index is 572. The van der Waals surface area contributed by atoms with Gasteiger partial charge in [-0.2, -0.15) is 0 Å². The number of rotatable bonds is 3. The second-order valence-electron chi connectivity index (χ2n) is 4.31. The van der Waals surface area contributed by atoms with Crippen LogP contribution in [0.5, 0.6) is 0 Å². The van der Waals surface area contributed by atoms with Crippen molar-refractivity contribution in [2.45, 2.75) is 19.4 Å². The molecule has 0 bridgehead atoms. The van der Waals surface area contributed by atoms with Crippen molar-refractivity contribution >= 4 is 17.0 Å². The molecule has 5 nitrogen and oxygen atoms in total. The second kappa shape index (κ2) is 3.85. The summed E-state index contributed by atoms with van der Waals surface area (Å²) in [6.07, 6.45) is 0. The lowest BCUT2D eigenvalue weighted by molar-refractivity contribution is 0.0124. The van der Waals surface area contributed by atoms with Crippen molar-refractivity contribution in [2.75, 3.05) is 7.11 Å². The quantitative estimate of drug-likeness (QED) is 0.853. The van der Waals surface area contributed by atoms with Gasteiger partial charge in [-0.1, -0.05) is 6.07 Å². The van der Waals surface area contributed by atoms with Crippen LogP contribution in [-0.4, -0.2) is 28.2 Å². The standard InChI is InChI=1S/C12H14N2O3/c1-12(2,17-3)11-13-8-6-4-5-7(10(15)16)9(8)14-11/h4-6H,1-3H3,(H,13,14)(H,15,16). The van der Waals surface area contributed by atoms with Crippen LogP contribution in [0.15, 0.2) is 18.2 Å². The third-order valence-corrected chi connectivity index (χ3v) is 2.82. The molecule has 1 heterocycles. The number of aromatic nitrogens is 2. The van der Waals surface area contributed by atoms with E-state index >= 15 is 0 Å². The number of nitrogens with zero attached hydrogens (tertiary/aromatic N) is 1. The van der Waals surface area contributed by atoms with Gasteiger partial charge in [0.15, 0.2) is 0 Å². The van der Waals surface area contributed by atoms with Gasteiger partial charge in [0.2, 0.25) is 0 Å². The Morgan fingerprint density at radius 2 is 2.18 bits per heavy atom. The van der Waals surface area contributed by atoms with E-state index in [1.165, 1.54) is 6.07 Å². The number of carboxylic acid groups (broad SMARTS) is 1. The molecule has 1 aromatic carbocycles. The average Bonchev–Trinajstić information content (AvgIpc) is 2.72. The zero-order valence-electron chi connectivity index (χ0n) is 9.94. The highest BCUT2D eigenvalue weighted by Gasteiger charge is 2.24. The number of aromatic amines is 1. The first kappa shape index (κ1) is 11.6. The van der Waals surface area contributed by atoms with Gasteiger partial charge in [0.1, 0.15) is 16.9 Å². The number of carboxylic acids is 1. The molecule has 0 amide bonds. The topological polar surface area (TPSA) is 75.2 Å². The van der Waals surface area contributed by atoms with Gasteiger partial charge in [-0.05, 0) is 26.0 Å². The summed E-state index contributed by atoms with van der Waals surface area (Å²) in [7, 11) is 1.59. The van der Waals surface area contributed by atoms with E-state index in [0.29, 0.717) is 16.9 Å². The van der Waals surface area contributed by atoms with Gasteiger partial charge in [-0.15, -0.1) is 0 Å². The van der Waals surface area contributed by atoms with Gasteiger partial charge in [0.05, 0.1) is 11.1 Å². The summed E-state index contributed by atoms with van der Waals surface area (Å²) in [5.41, 5.74) is 0.775. The van der Waals surface area contributed by atoms with E-state index in [9.17, 15) is 4.79 Å². The number of hydrogen-bond acceptors (Lipinski definition) is 3. The van der Waals surface area contributed by atoms with E-state index < -0.39 is 11.6 Å². The minimum atomic E-state index is -0.983. The number of carbonyl (C=O) groups is 1. The Labute approximate surface area is 98.4 Å². The molecular formula is C12H14N2O3. The maximum Gasteiger partial charge on any atom is 0.337 e. The van der Waals surface area contributed by atoms with Crippen LogP contribution in [0.4, 0.5) is 0 Å². The van der Waals surface area contributed by atoms with Crippen LogP contribution in [0.3, 0.4) is 0 Å². The minimum absolute atomic E-state index is 0.192. The van der Waals surface area contributed by atoms with Crippen molar-refractivity contribution in [1.29, 1.82) is 0 Å². The summed E-state index contributed by atoms with van der Waals surface area (Å²) in [5.74, 6) is -0.368. The fourth-order valence-electron chi connectivity index (χ4n) is 1.59. The van der Waals surface area contributed by atoms with Gasteiger partial charge >= 0.3 is 5.97 Å². The highest BCUT2D eigenvalue weighted by molar-refractivity contribution is 6.00. The van der Waals surface area contributed by atoms with Crippen LogP contribution < -0.4 is 0 Å². The van der Waals surface area contributed by atoms with Gasteiger partial charge in [-0.3, -0.25) is 0 Å². The predicted octanol–water partition coefficient (Wildman–Crippen LogP) is 2.14. The molecular weight excluding hydrogens is 220 g/mol. The van der Waals surface area contributed by atoms with Crippen LogP contribution in [0.25, 0.3) is 11.0 Å². The van der Waals surface area contributed by atoms with Crippen molar-refractivity contribution < 1.29 is 14.6 Å². The molecule has 5 heteroatoms. The lowest BCUT2D eigenvalue weighted by Crippen LogP contribution is -2.21. The number of para-hydroxylation sites is 1. The monoisotopic (exact) mass is 234 g/mol. The van der Waals surface area contributed by atoms with E-state index in [1.54, 1.807) is 19.2 Å². The molecule has 1 aromatic heterocycles. The van der Waals surface area contributed by atoms with Crippen molar-refractivity contribution in [2.24, 2.45) is 0 Å². The Morgan fingerprint density at radius 1 is 1.47 bits per heavy atom. The summed E-state index contributed by atoms with van der Waals surface area (Å²) in [4.78, 5) is 18.5. The SMILES string of the molecule is COC(C)(C)c1nc2c(C(=O)O)cccc2[nH]1. The molecule has 0 spiro atoms. The Balaban J connectivity index is 2.66. The first-order chi connectivity index (χ1) is 7.95. The first-order valence-electron chi connectivity index (χ1n) is 5.23. The third kappa shape index (κ3) is 1.89. The first-order valence-corrected chi connectivity index (χ1v) is 5.23. The molecule has 0 aliphatic rings. The number of H-pyrrole nitrogens is 1. The lowest BCUT2D eigenvalue weighted by atomic mass is 10.1. The van der Waals surface area contributed by atoms with Crippen molar-refractivity contribution in [3.05, 3.63) is 29.6 Å². The molecule has 0 aliphatic carbocycles. The highest BCUT2D eigenvalue weighted by atomic mass is 16.5. The van der Waals surface area contributed by atoms with Gasteiger partial charge in [-0.25, -0.2) is 9.78 Å². The van der Waals surface area contributed by atoms with Crippen LogP contribution in [0.1, 0.15) is 30.0 Å². The van der Waals surface area contributed by atoms with E-state index in [0.717, 1.165) is 0 Å². The van der Waals surface area contributed by atoms with Gasteiger partial charge in [0, 0.05) is 7.11 Å². The molecule has 0 radical (unpaired) electrons. The zero-order chi connectivity index (χ0) is 12.6.